The van der Waals surface area contributed by atoms with Crippen molar-refractivity contribution in [2.75, 3.05) is 5.73 Å². The Kier molecular flexibility index (Phi) is 3.32. The van der Waals surface area contributed by atoms with Gasteiger partial charge in [0.05, 0.1) is 11.3 Å². The van der Waals surface area contributed by atoms with Crippen molar-refractivity contribution in [1.29, 1.82) is 0 Å². The average Bonchev–Trinajstić information content (AvgIpc) is 2.34. The molecule has 0 bridgehead atoms. The lowest BCUT2D eigenvalue weighted by Gasteiger charge is -2.04. The zero-order valence-electron chi connectivity index (χ0n) is 8.98. The highest BCUT2D eigenvalue weighted by Gasteiger charge is 2.10. The van der Waals surface area contributed by atoms with Gasteiger partial charge in [-0.05, 0) is 34.7 Å². The number of benzene rings is 1. The summed E-state index contributed by atoms with van der Waals surface area (Å²) in [6.45, 7) is 0. The fourth-order valence-electron chi connectivity index (χ4n) is 1.44. The van der Waals surface area contributed by atoms with Gasteiger partial charge in [0.2, 0.25) is 5.95 Å². The van der Waals surface area contributed by atoms with Gasteiger partial charge in [-0.2, -0.15) is 0 Å². The van der Waals surface area contributed by atoms with Crippen LogP contribution in [-0.2, 0) is 0 Å². The first kappa shape index (κ1) is 12.6. The van der Waals surface area contributed by atoms with Gasteiger partial charge < -0.3 is 10.8 Å². The first-order chi connectivity index (χ1) is 8.49. The van der Waals surface area contributed by atoms with Crippen molar-refractivity contribution in [2.24, 2.45) is 0 Å². The van der Waals surface area contributed by atoms with Gasteiger partial charge in [-0.1, -0.05) is 12.1 Å². The normalized spacial score (nSPS) is 10.3. The smallest absolute Gasteiger partial charge is 0.335 e. The molecule has 0 radical (unpaired) electrons. The van der Waals surface area contributed by atoms with Crippen molar-refractivity contribution in [3.63, 3.8) is 0 Å². The average molecular weight is 357 g/mol. The molecule has 1 aromatic carbocycles. The van der Waals surface area contributed by atoms with Crippen LogP contribution in [-0.4, -0.2) is 21.0 Å². The summed E-state index contributed by atoms with van der Waals surface area (Å²) in [6.07, 6.45) is 0. The van der Waals surface area contributed by atoms with Crippen molar-refractivity contribution >= 4 is 34.5 Å². The molecule has 0 aliphatic heterocycles. The van der Waals surface area contributed by atoms with E-state index < -0.39 is 5.97 Å². The Bertz CT molecular complexity index is 664. The van der Waals surface area contributed by atoms with Crippen LogP contribution in [0, 0.1) is 3.57 Å². The Morgan fingerprint density at radius 2 is 1.94 bits per heavy atom. The third-order valence-corrected chi connectivity index (χ3v) is 3.29. The molecule has 0 saturated heterocycles. The first-order valence-electron chi connectivity index (χ1n) is 4.88. The van der Waals surface area contributed by atoms with E-state index in [1.807, 2.05) is 22.6 Å². The molecule has 0 atom stereocenters. The van der Waals surface area contributed by atoms with Gasteiger partial charge in [0.25, 0.3) is 5.56 Å². The standard InChI is InChI=1S/C11H8IN3O3/c12-7-8(14-11(13)15-9(7)16)5-1-3-6(4-2-5)10(17)18/h1-4H,(H,17,18)(H3,13,14,15,16). The molecule has 7 heteroatoms. The molecular weight excluding hydrogens is 349 g/mol. The lowest BCUT2D eigenvalue weighted by atomic mass is 10.1. The monoisotopic (exact) mass is 357 g/mol. The highest BCUT2D eigenvalue weighted by molar-refractivity contribution is 14.1. The zero-order valence-corrected chi connectivity index (χ0v) is 11.1. The predicted molar refractivity (Wildman–Crippen MR) is 74.4 cm³/mol. The Labute approximate surface area is 115 Å². The molecule has 0 aliphatic rings. The molecule has 2 aromatic rings. The molecule has 0 aliphatic carbocycles. The van der Waals surface area contributed by atoms with Gasteiger partial charge in [0.15, 0.2) is 0 Å². The summed E-state index contributed by atoms with van der Waals surface area (Å²) in [5.41, 5.74) is 6.41. The minimum Gasteiger partial charge on any atom is -0.478 e. The van der Waals surface area contributed by atoms with E-state index in [1.165, 1.54) is 12.1 Å². The third kappa shape index (κ3) is 2.35. The molecule has 6 nitrogen and oxygen atoms in total. The second-order valence-corrected chi connectivity index (χ2v) is 4.58. The van der Waals surface area contributed by atoms with E-state index >= 15 is 0 Å². The summed E-state index contributed by atoms with van der Waals surface area (Å²) < 4.78 is 0.407. The number of nitrogens with zero attached hydrogens (tertiary/aromatic N) is 1. The zero-order chi connectivity index (χ0) is 13.3. The number of hydrogen-bond donors (Lipinski definition) is 3. The highest BCUT2D eigenvalue weighted by Crippen LogP contribution is 2.21. The second kappa shape index (κ2) is 4.77. The maximum absolute atomic E-state index is 11.5. The fraction of sp³-hybridized carbons (Fsp3) is 0. The lowest BCUT2D eigenvalue weighted by molar-refractivity contribution is 0.0697. The number of H-pyrrole nitrogens is 1. The van der Waals surface area contributed by atoms with Gasteiger partial charge >= 0.3 is 5.97 Å². The SMILES string of the molecule is Nc1nc(-c2ccc(C(=O)O)cc2)c(I)c(=O)[nH]1. The summed E-state index contributed by atoms with van der Waals surface area (Å²) in [5.74, 6) is -0.979. The van der Waals surface area contributed by atoms with Gasteiger partial charge in [-0.25, -0.2) is 9.78 Å². The number of carboxylic acids is 1. The van der Waals surface area contributed by atoms with Crippen molar-refractivity contribution in [3.8, 4) is 11.3 Å². The van der Waals surface area contributed by atoms with Crippen molar-refractivity contribution < 1.29 is 9.90 Å². The van der Waals surface area contributed by atoms with Crippen LogP contribution >= 0.6 is 22.6 Å². The molecule has 1 heterocycles. The third-order valence-electron chi connectivity index (χ3n) is 2.29. The molecule has 0 amide bonds. The molecule has 4 N–H and O–H groups in total. The quantitative estimate of drug-likeness (QED) is 0.703. The number of aromatic amines is 1. The fourth-order valence-corrected chi connectivity index (χ4v) is 2.01. The van der Waals surface area contributed by atoms with Crippen LogP contribution in [0.2, 0.25) is 0 Å². The maximum Gasteiger partial charge on any atom is 0.335 e. The number of hydrogen-bond acceptors (Lipinski definition) is 4. The molecule has 2 rings (SSSR count). The Morgan fingerprint density at radius 1 is 1.33 bits per heavy atom. The van der Waals surface area contributed by atoms with Crippen LogP contribution in [0.5, 0.6) is 0 Å². The van der Waals surface area contributed by atoms with E-state index in [-0.39, 0.29) is 17.1 Å². The van der Waals surface area contributed by atoms with Crippen LogP contribution in [0.15, 0.2) is 29.1 Å². The minimum absolute atomic E-state index is 0.0257. The number of rotatable bonds is 2. The van der Waals surface area contributed by atoms with Crippen LogP contribution in [0.25, 0.3) is 11.3 Å². The Hall–Kier alpha value is -1.90. The van der Waals surface area contributed by atoms with E-state index in [0.29, 0.717) is 14.8 Å². The number of anilines is 1. The van der Waals surface area contributed by atoms with Gasteiger partial charge in [-0.15, -0.1) is 0 Å². The maximum atomic E-state index is 11.5. The van der Waals surface area contributed by atoms with Gasteiger partial charge in [0, 0.05) is 5.56 Å². The van der Waals surface area contributed by atoms with Crippen molar-refractivity contribution in [1.82, 2.24) is 9.97 Å². The molecule has 0 fully saturated rings. The number of aromatic nitrogens is 2. The van der Waals surface area contributed by atoms with Crippen molar-refractivity contribution in [3.05, 3.63) is 43.8 Å². The van der Waals surface area contributed by atoms with Crippen LogP contribution in [0.1, 0.15) is 10.4 Å². The summed E-state index contributed by atoms with van der Waals surface area (Å²) in [7, 11) is 0. The van der Waals surface area contributed by atoms with Crippen LogP contribution in [0.3, 0.4) is 0 Å². The summed E-state index contributed by atoms with van der Waals surface area (Å²) in [6, 6.07) is 6.08. The predicted octanol–water partition coefficient (Wildman–Crippen LogP) is 1.32. The molecule has 18 heavy (non-hydrogen) atoms. The number of nitrogens with two attached hydrogens (primary N) is 1. The molecule has 0 saturated carbocycles. The van der Waals surface area contributed by atoms with E-state index in [2.05, 4.69) is 9.97 Å². The van der Waals surface area contributed by atoms with Gasteiger partial charge in [0.1, 0.15) is 3.57 Å². The Morgan fingerprint density at radius 3 is 2.50 bits per heavy atom. The molecular formula is C11H8IN3O3. The number of nitrogen functional groups attached to an aromatic ring is 1. The van der Waals surface area contributed by atoms with Crippen LogP contribution < -0.4 is 11.3 Å². The topological polar surface area (TPSA) is 109 Å². The lowest BCUT2D eigenvalue weighted by Crippen LogP contribution is -2.15. The largest absolute Gasteiger partial charge is 0.478 e. The Balaban J connectivity index is 2.55. The van der Waals surface area contributed by atoms with E-state index in [9.17, 15) is 9.59 Å². The van der Waals surface area contributed by atoms with E-state index in [1.54, 1.807) is 12.1 Å². The number of nitrogens with one attached hydrogen (secondary N) is 1. The number of carbonyl (C=O) groups is 1. The first-order valence-corrected chi connectivity index (χ1v) is 5.96. The number of halogens is 1. The highest BCUT2D eigenvalue weighted by atomic mass is 127. The number of carboxylic acid groups (broad SMARTS) is 1. The number of aromatic carboxylic acids is 1. The molecule has 0 spiro atoms. The second-order valence-electron chi connectivity index (χ2n) is 3.50. The van der Waals surface area contributed by atoms with E-state index in [4.69, 9.17) is 10.8 Å². The summed E-state index contributed by atoms with van der Waals surface area (Å²) >= 11 is 1.87. The molecule has 0 unspecified atom stereocenters. The van der Waals surface area contributed by atoms with Crippen LogP contribution in [0.4, 0.5) is 5.95 Å². The summed E-state index contributed by atoms with van der Waals surface area (Å²) in [5, 5.41) is 8.80. The van der Waals surface area contributed by atoms with E-state index in [0.717, 1.165) is 0 Å². The molecule has 92 valence electrons. The minimum atomic E-state index is -1.00. The summed E-state index contributed by atoms with van der Waals surface area (Å²) in [4.78, 5) is 28.7. The van der Waals surface area contributed by atoms with Gasteiger partial charge in [-0.3, -0.25) is 9.78 Å². The molecule has 1 aromatic heterocycles. The van der Waals surface area contributed by atoms with Crippen molar-refractivity contribution in [2.45, 2.75) is 0 Å².